The van der Waals surface area contributed by atoms with Gasteiger partial charge in [-0.15, -0.1) is 0 Å². The van der Waals surface area contributed by atoms with Gasteiger partial charge in [0.1, 0.15) is 0 Å². The van der Waals surface area contributed by atoms with Crippen LogP contribution in [0.1, 0.15) is 32.7 Å². The first kappa shape index (κ1) is 18.2. The number of carbonyl (C=O) groups excluding carboxylic acids is 2. The maximum atomic E-state index is 13.2. The average molecular weight is 372 g/mol. The van der Waals surface area contributed by atoms with Crippen molar-refractivity contribution in [2.75, 3.05) is 26.2 Å². The third kappa shape index (κ3) is 3.63. The molecule has 0 saturated carbocycles. The molecule has 3 aromatic carbocycles. The van der Waals surface area contributed by atoms with E-state index in [0.717, 1.165) is 28.3 Å². The lowest BCUT2D eigenvalue weighted by molar-refractivity contribution is 0.0719. The standard InChI is InChI=1S/C24H24N2O2/c1-18-10-12-20(13-11-18)23(27)25-14-5-15-26(17-16-25)24(28)22-9-4-7-19-6-2-3-8-21(19)22/h2-4,6-13H,5,14-17H2,1H3. The maximum absolute atomic E-state index is 13.2. The molecule has 1 fully saturated rings. The molecule has 2 amide bonds. The van der Waals surface area contributed by atoms with Crippen LogP contribution in [-0.2, 0) is 0 Å². The lowest BCUT2D eigenvalue weighted by atomic mass is 10.0. The van der Waals surface area contributed by atoms with Gasteiger partial charge in [0.2, 0.25) is 0 Å². The fourth-order valence-corrected chi connectivity index (χ4v) is 3.78. The highest BCUT2D eigenvalue weighted by atomic mass is 16.2. The molecular weight excluding hydrogens is 348 g/mol. The van der Waals surface area contributed by atoms with Crippen molar-refractivity contribution < 1.29 is 9.59 Å². The van der Waals surface area contributed by atoms with Crippen molar-refractivity contribution in [3.05, 3.63) is 83.4 Å². The molecule has 4 rings (SSSR count). The fraction of sp³-hybridized carbons (Fsp3) is 0.250. The predicted molar refractivity (Wildman–Crippen MR) is 112 cm³/mol. The monoisotopic (exact) mass is 372 g/mol. The first-order chi connectivity index (χ1) is 13.6. The van der Waals surface area contributed by atoms with Crippen molar-refractivity contribution in [2.24, 2.45) is 0 Å². The number of benzene rings is 3. The number of carbonyl (C=O) groups is 2. The van der Waals surface area contributed by atoms with E-state index in [1.807, 2.05) is 83.5 Å². The van der Waals surface area contributed by atoms with E-state index >= 15 is 0 Å². The zero-order chi connectivity index (χ0) is 19.5. The molecule has 4 nitrogen and oxygen atoms in total. The van der Waals surface area contributed by atoms with Gasteiger partial charge in [0.05, 0.1) is 0 Å². The van der Waals surface area contributed by atoms with Crippen LogP contribution in [0.4, 0.5) is 0 Å². The van der Waals surface area contributed by atoms with Gasteiger partial charge in [-0.3, -0.25) is 9.59 Å². The number of hydrogen-bond acceptors (Lipinski definition) is 2. The van der Waals surface area contributed by atoms with Crippen molar-refractivity contribution in [3.63, 3.8) is 0 Å². The Morgan fingerprint density at radius 1 is 0.714 bits per heavy atom. The van der Waals surface area contributed by atoms with Crippen molar-refractivity contribution >= 4 is 22.6 Å². The van der Waals surface area contributed by atoms with Crippen LogP contribution in [0, 0.1) is 6.92 Å². The van der Waals surface area contributed by atoms with E-state index in [4.69, 9.17) is 0 Å². The molecule has 1 saturated heterocycles. The number of hydrogen-bond donors (Lipinski definition) is 0. The van der Waals surface area contributed by atoms with E-state index in [1.54, 1.807) is 0 Å². The van der Waals surface area contributed by atoms with Crippen LogP contribution in [0.15, 0.2) is 66.7 Å². The van der Waals surface area contributed by atoms with Crippen LogP contribution >= 0.6 is 0 Å². The Hall–Kier alpha value is -3.14. The van der Waals surface area contributed by atoms with E-state index < -0.39 is 0 Å². The maximum Gasteiger partial charge on any atom is 0.254 e. The molecule has 142 valence electrons. The molecule has 0 atom stereocenters. The van der Waals surface area contributed by atoms with Gasteiger partial charge in [-0.1, -0.05) is 54.1 Å². The lowest BCUT2D eigenvalue weighted by Gasteiger charge is -2.23. The molecule has 0 aliphatic carbocycles. The second-order valence-electron chi connectivity index (χ2n) is 7.33. The van der Waals surface area contributed by atoms with Crippen LogP contribution in [0.25, 0.3) is 10.8 Å². The Morgan fingerprint density at radius 2 is 1.36 bits per heavy atom. The number of nitrogens with zero attached hydrogens (tertiary/aromatic N) is 2. The zero-order valence-electron chi connectivity index (χ0n) is 16.1. The molecule has 1 heterocycles. The van der Waals surface area contributed by atoms with Crippen LogP contribution in [0.3, 0.4) is 0 Å². The number of aryl methyl sites for hydroxylation is 1. The third-order valence-corrected chi connectivity index (χ3v) is 5.39. The second kappa shape index (κ2) is 7.85. The van der Waals surface area contributed by atoms with E-state index in [-0.39, 0.29) is 11.8 Å². The highest BCUT2D eigenvalue weighted by Crippen LogP contribution is 2.21. The quantitative estimate of drug-likeness (QED) is 0.678. The minimum absolute atomic E-state index is 0.0412. The Labute approximate surface area is 165 Å². The minimum atomic E-state index is 0.0412. The number of fused-ring (bicyclic) bond motifs is 1. The summed E-state index contributed by atoms with van der Waals surface area (Å²) in [6, 6.07) is 21.5. The molecule has 0 spiro atoms. The molecule has 0 unspecified atom stereocenters. The summed E-state index contributed by atoms with van der Waals surface area (Å²) >= 11 is 0. The van der Waals surface area contributed by atoms with Crippen molar-refractivity contribution in [3.8, 4) is 0 Å². The lowest BCUT2D eigenvalue weighted by Crippen LogP contribution is -2.37. The summed E-state index contributed by atoms with van der Waals surface area (Å²) < 4.78 is 0. The van der Waals surface area contributed by atoms with Gasteiger partial charge in [0.25, 0.3) is 11.8 Å². The normalized spacial score (nSPS) is 14.8. The first-order valence-electron chi connectivity index (χ1n) is 9.76. The SMILES string of the molecule is Cc1ccc(C(=O)N2CCCN(C(=O)c3cccc4ccccc34)CC2)cc1. The van der Waals surface area contributed by atoms with E-state index in [2.05, 4.69) is 0 Å². The van der Waals surface area contributed by atoms with E-state index in [0.29, 0.717) is 31.7 Å². The van der Waals surface area contributed by atoms with Crippen molar-refractivity contribution in [1.82, 2.24) is 9.80 Å². The fourth-order valence-electron chi connectivity index (χ4n) is 3.78. The molecule has 4 heteroatoms. The van der Waals surface area contributed by atoms with E-state index in [1.165, 1.54) is 0 Å². The molecule has 0 aromatic heterocycles. The summed E-state index contributed by atoms with van der Waals surface area (Å²) in [4.78, 5) is 29.7. The van der Waals surface area contributed by atoms with Crippen LogP contribution in [0.2, 0.25) is 0 Å². The number of rotatable bonds is 2. The smallest absolute Gasteiger partial charge is 0.254 e. The predicted octanol–water partition coefficient (Wildman–Crippen LogP) is 4.14. The molecule has 1 aliphatic rings. The van der Waals surface area contributed by atoms with Crippen molar-refractivity contribution in [1.29, 1.82) is 0 Å². The summed E-state index contributed by atoms with van der Waals surface area (Å²) in [5.74, 6) is 0.0842. The van der Waals surface area contributed by atoms with Gasteiger partial charge < -0.3 is 9.80 Å². The Balaban J connectivity index is 1.50. The Morgan fingerprint density at radius 3 is 2.11 bits per heavy atom. The van der Waals surface area contributed by atoms with Gasteiger partial charge >= 0.3 is 0 Å². The minimum Gasteiger partial charge on any atom is -0.337 e. The summed E-state index contributed by atoms with van der Waals surface area (Å²) in [7, 11) is 0. The van der Waals surface area contributed by atoms with Gasteiger partial charge in [-0.25, -0.2) is 0 Å². The van der Waals surface area contributed by atoms with Gasteiger partial charge in [0.15, 0.2) is 0 Å². The number of amides is 2. The molecule has 0 bridgehead atoms. The third-order valence-electron chi connectivity index (χ3n) is 5.39. The first-order valence-corrected chi connectivity index (χ1v) is 9.76. The largest absolute Gasteiger partial charge is 0.337 e. The summed E-state index contributed by atoms with van der Waals surface area (Å²) in [5.41, 5.74) is 2.58. The average Bonchev–Trinajstić information content (AvgIpc) is 2.99. The summed E-state index contributed by atoms with van der Waals surface area (Å²) in [6.45, 7) is 4.46. The molecular formula is C24H24N2O2. The molecule has 28 heavy (non-hydrogen) atoms. The molecule has 0 radical (unpaired) electrons. The topological polar surface area (TPSA) is 40.6 Å². The molecule has 1 aliphatic heterocycles. The second-order valence-corrected chi connectivity index (χ2v) is 7.33. The Bertz CT molecular complexity index is 1010. The van der Waals surface area contributed by atoms with Gasteiger partial charge in [-0.2, -0.15) is 0 Å². The van der Waals surface area contributed by atoms with Crippen molar-refractivity contribution in [2.45, 2.75) is 13.3 Å². The van der Waals surface area contributed by atoms with E-state index in [9.17, 15) is 9.59 Å². The molecule has 0 N–H and O–H groups in total. The van der Waals surface area contributed by atoms with Gasteiger partial charge in [-0.05, 0) is 42.3 Å². The summed E-state index contributed by atoms with van der Waals surface area (Å²) in [5, 5.41) is 2.05. The van der Waals surface area contributed by atoms with Crippen LogP contribution in [-0.4, -0.2) is 47.8 Å². The molecule has 3 aromatic rings. The highest BCUT2D eigenvalue weighted by Gasteiger charge is 2.24. The van der Waals surface area contributed by atoms with Crippen LogP contribution < -0.4 is 0 Å². The summed E-state index contributed by atoms with van der Waals surface area (Å²) in [6.07, 6.45) is 0.786. The zero-order valence-corrected chi connectivity index (χ0v) is 16.1. The van der Waals surface area contributed by atoms with Crippen LogP contribution in [0.5, 0.6) is 0 Å². The van der Waals surface area contributed by atoms with Gasteiger partial charge in [0, 0.05) is 37.3 Å². The highest BCUT2D eigenvalue weighted by molar-refractivity contribution is 6.07. The Kier molecular flexibility index (Phi) is 5.11.